The number of carbonyl (C=O) groups is 1. The molecule has 0 aromatic heterocycles. The van der Waals surface area contributed by atoms with Crippen molar-refractivity contribution in [2.24, 2.45) is 0 Å². The van der Waals surface area contributed by atoms with Gasteiger partial charge in [-0.15, -0.1) is 0 Å². The van der Waals surface area contributed by atoms with Crippen molar-refractivity contribution in [3.05, 3.63) is 0 Å². The number of carbonyl (C=O) groups excluding carboxylic acids is 1. The van der Waals surface area contributed by atoms with Gasteiger partial charge in [-0.25, -0.2) is 0 Å². The van der Waals surface area contributed by atoms with Gasteiger partial charge in [0.15, 0.2) is 0 Å². The Kier molecular flexibility index (Phi) is 3.00. The molecule has 0 aliphatic carbocycles. The molecule has 2 saturated heterocycles. The smallest absolute Gasteiger partial charge is 0.248 e. The van der Waals surface area contributed by atoms with E-state index in [1.54, 1.807) is 11.9 Å². The maximum absolute atomic E-state index is 11.2. The number of epoxide rings is 1. The number of hydrogen-bond donors (Lipinski definition) is 0. The van der Waals surface area contributed by atoms with Gasteiger partial charge in [0.1, 0.15) is 12.7 Å². The highest BCUT2D eigenvalue weighted by atomic mass is 16.6. The molecular formula is C9H15NO4. The summed E-state index contributed by atoms with van der Waals surface area (Å²) >= 11 is 0. The average molecular weight is 201 g/mol. The molecule has 1 amide bonds. The summed E-state index contributed by atoms with van der Waals surface area (Å²) < 4.78 is 15.6. The normalized spacial score (nSPS) is 32.1. The highest BCUT2D eigenvalue weighted by Gasteiger charge is 2.27. The largest absolute Gasteiger partial charge is 0.376 e. The predicted molar refractivity (Wildman–Crippen MR) is 47.9 cm³/mol. The summed E-state index contributed by atoms with van der Waals surface area (Å²) in [6, 6.07) is 0.0509. The van der Waals surface area contributed by atoms with Gasteiger partial charge >= 0.3 is 0 Å². The van der Waals surface area contributed by atoms with Gasteiger partial charge in [-0.05, 0) is 0 Å². The predicted octanol–water partition coefficient (Wildman–Crippen LogP) is -0.741. The molecule has 80 valence electrons. The first-order valence-electron chi connectivity index (χ1n) is 4.80. The number of hydrogen-bond acceptors (Lipinski definition) is 4. The van der Waals surface area contributed by atoms with Crippen LogP contribution in [-0.2, 0) is 19.0 Å². The van der Waals surface area contributed by atoms with E-state index in [1.807, 2.05) is 0 Å². The monoisotopic (exact) mass is 201 g/mol. The zero-order chi connectivity index (χ0) is 9.97. The van der Waals surface area contributed by atoms with Crippen molar-refractivity contribution in [1.82, 2.24) is 4.90 Å². The molecule has 2 atom stereocenters. The number of morpholine rings is 1. The lowest BCUT2D eigenvalue weighted by Crippen LogP contribution is -2.49. The first-order valence-corrected chi connectivity index (χ1v) is 4.80. The standard InChI is InChI=1S/C9H15NO4/c1-10-7(3-13-6-9(10)11)2-12-4-8-5-14-8/h7-8H,2-6H2,1H3. The molecule has 0 aromatic rings. The molecule has 0 N–H and O–H groups in total. The molecule has 0 bridgehead atoms. The molecule has 2 rings (SSSR count). The van der Waals surface area contributed by atoms with Crippen LogP contribution in [-0.4, -0.2) is 63.0 Å². The van der Waals surface area contributed by atoms with Crippen LogP contribution in [0.25, 0.3) is 0 Å². The molecule has 0 saturated carbocycles. The number of likely N-dealkylation sites (N-methyl/N-ethyl adjacent to an activating group) is 1. The third-order valence-corrected chi connectivity index (χ3v) is 2.49. The molecule has 2 aliphatic heterocycles. The summed E-state index contributed by atoms with van der Waals surface area (Å²) in [6.07, 6.45) is 0.278. The van der Waals surface area contributed by atoms with Crippen molar-refractivity contribution in [3.8, 4) is 0 Å². The minimum atomic E-state index is 0.0209. The lowest BCUT2D eigenvalue weighted by Gasteiger charge is -2.31. The molecule has 2 heterocycles. The van der Waals surface area contributed by atoms with Crippen LogP contribution >= 0.6 is 0 Å². The summed E-state index contributed by atoms with van der Waals surface area (Å²) in [6.45, 7) is 2.71. The summed E-state index contributed by atoms with van der Waals surface area (Å²) in [5.74, 6) is 0.0209. The van der Waals surface area contributed by atoms with Crippen molar-refractivity contribution in [2.75, 3.05) is 40.1 Å². The second-order valence-corrected chi connectivity index (χ2v) is 3.67. The number of ether oxygens (including phenoxy) is 3. The number of nitrogens with zero attached hydrogens (tertiary/aromatic N) is 1. The Bertz CT molecular complexity index is 217. The zero-order valence-electron chi connectivity index (χ0n) is 8.27. The van der Waals surface area contributed by atoms with E-state index in [2.05, 4.69) is 0 Å². The lowest BCUT2D eigenvalue weighted by atomic mass is 10.2. The van der Waals surface area contributed by atoms with Crippen LogP contribution in [0.15, 0.2) is 0 Å². The van der Waals surface area contributed by atoms with Crippen molar-refractivity contribution < 1.29 is 19.0 Å². The van der Waals surface area contributed by atoms with Crippen LogP contribution in [0.4, 0.5) is 0 Å². The Labute approximate surface area is 82.9 Å². The highest BCUT2D eigenvalue weighted by Crippen LogP contribution is 2.10. The maximum Gasteiger partial charge on any atom is 0.248 e. The third-order valence-electron chi connectivity index (χ3n) is 2.49. The van der Waals surface area contributed by atoms with Crippen LogP contribution < -0.4 is 0 Å². The SMILES string of the molecule is CN1C(=O)COCC1COCC1CO1. The van der Waals surface area contributed by atoms with E-state index >= 15 is 0 Å². The van der Waals surface area contributed by atoms with Crippen LogP contribution in [0.5, 0.6) is 0 Å². The molecule has 2 aliphatic rings. The number of amides is 1. The topological polar surface area (TPSA) is 51.3 Å². The first kappa shape index (κ1) is 9.89. The molecular weight excluding hydrogens is 186 g/mol. The Morgan fingerprint density at radius 3 is 3.00 bits per heavy atom. The van der Waals surface area contributed by atoms with Gasteiger partial charge in [-0.2, -0.15) is 0 Å². The van der Waals surface area contributed by atoms with Gasteiger partial charge < -0.3 is 19.1 Å². The average Bonchev–Trinajstić information content (AvgIpc) is 2.96. The summed E-state index contributed by atoms with van der Waals surface area (Å²) in [5.41, 5.74) is 0. The second-order valence-electron chi connectivity index (χ2n) is 3.67. The fourth-order valence-corrected chi connectivity index (χ4v) is 1.36. The van der Waals surface area contributed by atoms with Crippen molar-refractivity contribution in [1.29, 1.82) is 0 Å². The van der Waals surface area contributed by atoms with Crippen molar-refractivity contribution in [3.63, 3.8) is 0 Å². The molecule has 5 heteroatoms. The van der Waals surface area contributed by atoms with E-state index in [0.717, 1.165) is 6.61 Å². The van der Waals surface area contributed by atoms with E-state index in [4.69, 9.17) is 14.2 Å². The van der Waals surface area contributed by atoms with Crippen LogP contribution in [0.1, 0.15) is 0 Å². The second kappa shape index (κ2) is 4.25. The highest BCUT2D eigenvalue weighted by molar-refractivity contribution is 5.78. The van der Waals surface area contributed by atoms with Crippen molar-refractivity contribution in [2.45, 2.75) is 12.1 Å². The zero-order valence-corrected chi connectivity index (χ0v) is 8.27. The van der Waals surface area contributed by atoms with Gasteiger partial charge in [-0.3, -0.25) is 4.79 Å². The van der Waals surface area contributed by atoms with Gasteiger partial charge in [0.2, 0.25) is 5.91 Å². The van der Waals surface area contributed by atoms with Gasteiger partial charge in [-0.1, -0.05) is 0 Å². The van der Waals surface area contributed by atoms with E-state index in [1.165, 1.54) is 0 Å². The van der Waals surface area contributed by atoms with E-state index in [-0.39, 0.29) is 24.7 Å². The molecule has 0 spiro atoms. The minimum Gasteiger partial charge on any atom is -0.376 e. The maximum atomic E-state index is 11.2. The van der Waals surface area contributed by atoms with E-state index < -0.39 is 0 Å². The quantitative estimate of drug-likeness (QED) is 0.562. The van der Waals surface area contributed by atoms with Crippen LogP contribution in [0, 0.1) is 0 Å². The molecule has 0 aromatic carbocycles. The van der Waals surface area contributed by atoms with Gasteiger partial charge in [0.25, 0.3) is 0 Å². The Morgan fingerprint density at radius 1 is 1.50 bits per heavy atom. The minimum absolute atomic E-state index is 0.0209. The van der Waals surface area contributed by atoms with Crippen LogP contribution in [0.2, 0.25) is 0 Å². The molecule has 2 fully saturated rings. The molecule has 0 radical (unpaired) electrons. The summed E-state index contributed by atoms with van der Waals surface area (Å²) in [7, 11) is 1.78. The Hall–Kier alpha value is -0.650. The summed E-state index contributed by atoms with van der Waals surface area (Å²) in [5, 5.41) is 0. The molecule has 2 unspecified atom stereocenters. The number of rotatable bonds is 4. The lowest BCUT2D eigenvalue weighted by molar-refractivity contribution is -0.148. The van der Waals surface area contributed by atoms with Gasteiger partial charge in [0.05, 0.1) is 32.5 Å². The van der Waals surface area contributed by atoms with E-state index in [0.29, 0.717) is 19.8 Å². The third kappa shape index (κ3) is 2.43. The molecule has 5 nitrogen and oxygen atoms in total. The van der Waals surface area contributed by atoms with E-state index in [9.17, 15) is 4.79 Å². The Morgan fingerprint density at radius 2 is 2.29 bits per heavy atom. The fraction of sp³-hybridized carbons (Fsp3) is 0.889. The fourth-order valence-electron chi connectivity index (χ4n) is 1.36. The van der Waals surface area contributed by atoms with Crippen molar-refractivity contribution >= 4 is 5.91 Å². The molecule has 14 heavy (non-hydrogen) atoms. The van der Waals surface area contributed by atoms with Crippen LogP contribution in [0.3, 0.4) is 0 Å². The first-order chi connectivity index (χ1) is 6.77. The van der Waals surface area contributed by atoms with Gasteiger partial charge in [0, 0.05) is 7.05 Å². The Balaban J connectivity index is 1.69. The summed E-state index contributed by atoms with van der Waals surface area (Å²) in [4.78, 5) is 12.9.